The first-order valence-corrected chi connectivity index (χ1v) is 10.7. The Labute approximate surface area is 153 Å². The van der Waals surface area contributed by atoms with Crippen LogP contribution in [0.4, 0.5) is 0 Å². The van der Waals surface area contributed by atoms with Gasteiger partial charge in [-0.15, -0.1) is 0 Å². The van der Waals surface area contributed by atoms with E-state index in [9.17, 15) is 21.6 Å². The van der Waals surface area contributed by atoms with Crippen molar-refractivity contribution in [2.75, 3.05) is 7.11 Å². The van der Waals surface area contributed by atoms with E-state index in [1.54, 1.807) is 12.1 Å². The lowest BCUT2D eigenvalue weighted by Gasteiger charge is -2.17. The molecule has 0 amide bonds. The topological polar surface area (TPSA) is 94.6 Å². The fraction of sp³-hybridized carbons (Fsp3) is 0.167. The van der Waals surface area contributed by atoms with Crippen LogP contribution in [0, 0.1) is 0 Å². The molecule has 0 aliphatic carbocycles. The van der Waals surface area contributed by atoms with Gasteiger partial charge in [0.25, 0.3) is 0 Å². The quantitative estimate of drug-likeness (QED) is 0.529. The second-order valence-corrected chi connectivity index (χ2v) is 9.87. The van der Waals surface area contributed by atoms with Gasteiger partial charge in [0.2, 0.25) is 0 Å². The molecule has 0 spiro atoms. The van der Waals surface area contributed by atoms with Crippen LogP contribution in [-0.4, -0.2) is 34.5 Å². The number of carbonyl (C=O) groups is 1. The van der Waals surface area contributed by atoms with Gasteiger partial charge in [-0.3, -0.25) is 0 Å². The zero-order valence-electron chi connectivity index (χ0n) is 14.0. The van der Waals surface area contributed by atoms with Gasteiger partial charge in [-0.25, -0.2) is 21.6 Å². The predicted molar refractivity (Wildman–Crippen MR) is 96.8 cm³/mol. The molecule has 26 heavy (non-hydrogen) atoms. The Morgan fingerprint density at radius 2 is 1.31 bits per heavy atom. The summed E-state index contributed by atoms with van der Waals surface area (Å²) in [6, 6.07) is 14.7. The third kappa shape index (κ3) is 4.39. The van der Waals surface area contributed by atoms with Crippen LogP contribution in [0.3, 0.4) is 0 Å². The van der Waals surface area contributed by atoms with E-state index in [0.717, 1.165) is 6.08 Å². The number of allylic oxidation sites excluding steroid dienone is 1. The van der Waals surface area contributed by atoms with Crippen molar-refractivity contribution in [3.63, 3.8) is 0 Å². The van der Waals surface area contributed by atoms with E-state index in [1.165, 1.54) is 61.7 Å². The Morgan fingerprint density at radius 3 is 1.69 bits per heavy atom. The number of rotatable bonds is 7. The summed E-state index contributed by atoms with van der Waals surface area (Å²) >= 11 is 0. The minimum atomic E-state index is -4.20. The van der Waals surface area contributed by atoms with E-state index >= 15 is 0 Å². The van der Waals surface area contributed by atoms with Crippen LogP contribution >= 0.6 is 0 Å². The Hall–Kier alpha value is -2.45. The van der Waals surface area contributed by atoms with E-state index in [2.05, 4.69) is 4.74 Å². The summed E-state index contributed by atoms with van der Waals surface area (Å²) in [6.07, 6.45) is 1.81. The number of sulfone groups is 2. The number of esters is 1. The summed E-state index contributed by atoms with van der Waals surface area (Å²) < 4.78 is 54.6. The monoisotopic (exact) mass is 394 g/mol. The molecule has 0 aromatic heterocycles. The molecular weight excluding hydrogens is 376 g/mol. The molecule has 0 unspecified atom stereocenters. The van der Waals surface area contributed by atoms with Gasteiger partial charge in [-0.05, 0) is 30.7 Å². The largest absolute Gasteiger partial charge is 0.466 e. The molecule has 138 valence electrons. The van der Waals surface area contributed by atoms with Crippen LogP contribution in [0.1, 0.15) is 6.42 Å². The first-order valence-electron chi connectivity index (χ1n) is 7.62. The Bertz CT molecular complexity index is 909. The highest BCUT2D eigenvalue weighted by molar-refractivity contribution is 8.09. The molecule has 2 aromatic rings. The number of benzene rings is 2. The van der Waals surface area contributed by atoms with Crippen molar-refractivity contribution in [3.8, 4) is 0 Å². The summed E-state index contributed by atoms with van der Waals surface area (Å²) in [7, 11) is -7.23. The summed E-state index contributed by atoms with van der Waals surface area (Å²) in [5.74, 6) is -0.696. The maximum Gasteiger partial charge on any atom is 0.330 e. The lowest BCUT2D eigenvalue weighted by atomic mass is 10.4. The lowest BCUT2D eigenvalue weighted by molar-refractivity contribution is -0.134. The standard InChI is InChI=1S/C18H18O6S2/c1-24-17(19)13-8-14-18(25(20,21)15-9-4-2-5-10-15)26(22,23)16-11-6-3-7-12-16/h2-13,18H,14H2,1H3/b13-8+. The Balaban J connectivity index is 2.53. The van der Waals surface area contributed by atoms with Crippen LogP contribution in [0.15, 0.2) is 82.6 Å². The zero-order chi connectivity index (χ0) is 19.2. The van der Waals surface area contributed by atoms with Crippen LogP contribution < -0.4 is 0 Å². The molecule has 0 atom stereocenters. The van der Waals surface area contributed by atoms with Gasteiger partial charge in [-0.1, -0.05) is 42.5 Å². The van der Waals surface area contributed by atoms with E-state index < -0.39 is 30.2 Å². The molecule has 0 aliphatic rings. The first kappa shape index (κ1) is 19.9. The van der Waals surface area contributed by atoms with E-state index in [4.69, 9.17) is 0 Å². The van der Waals surface area contributed by atoms with Crippen molar-refractivity contribution in [1.29, 1.82) is 0 Å². The SMILES string of the molecule is COC(=O)/C=C/CC(S(=O)(=O)c1ccccc1)S(=O)(=O)c1ccccc1. The number of carbonyl (C=O) groups excluding carboxylic acids is 1. The van der Waals surface area contributed by atoms with Gasteiger partial charge < -0.3 is 4.74 Å². The van der Waals surface area contributed by atoms with Crippen molar-refractivity contribution < 1.29 is 26.4 Å². The molecular formula is C18H18O6S2. The number of hydrogen-bond acceptors (Lipinski definition) is 6. The molecule has 2 aromatic carbocycles. The third-order valence-corrected chi connectivity index (χ3v) is 8.77. The smallest absolute Gasteiger partial charge is 0.330 e. The van der Waals surface area contributed by atoms with Crippen molar-refractivity contribution in [3.05, 3.63) is 72.8 Å². The molecule has 0 heterocycles. The minimum absolute atomic E-state index is 0.101. The van der Waals surface area contributed by atoms with Gasteiger partial charge >= 0.3 is 5.97 Å². The average Bonchev–Trinajstić information content (AvgIpc) is 2.66. The minimum Gasteiger partial charge on any atom is -0.466 e. The highest BCUT2D eigenvalue weighted by Crippen LogP contribution is 2.28. The lowest BCUT2D eigenvalue weighted by Crippen LogP contribution is -2.30. The molecule has 0 fully saturated rings. The zero-order valence-corrected chi connectivity index (χ0v) is 15.6. The molecule has 0 aliphatic heterocycles. The first-order chi connectivity index (χ1) is 12.3. The van der Waals surface area contributed by atoms with E-state index in [-0.39, 0.29) is 16.2 Å². The third-order valence-electron chi connectivity index (χ3n) is 3.62. The molecule has 2 rings (SSSR count). The van der Waals surface area contributed by atoms with Gasteiger partial charge in [0.05, 0.1) is 16.9 Å². The van der Waals surface area contributed by atoms with E-state index in [1.807, 2.05) is 0 Å². The molecule has 6 nitrogen and oxygen atoms in total. The molecule has 0 saturated carbocycles. The average molecular weight is 394 g/mol. The Morgan fingerprint density at radius 1 is 0.885 bits per heavy atom. The summed E-state index contributed by atoms with van der Waals surface area (Å²) in [5.41, 5.74) is 0. The van der Waals surface area contributed by atoms with Crippen molar-refractivity contribution in [1.82, 2.24) is 0 Å². The fourth-order valence-corrected chi connectivity index (χ4v) is 6.70. The molecule has 0 saturated heterocycles. The second kappa shape index (κ2) is 8.29. The van der Waals surface area contributed by atoms with E-state index in [0.29, 0.717) is 0 Å². The molecule has 0 N–H and O–H groups in total. The van der Waals surface area contributed by atoms with Crippen LogP contribution in [-0.2, 0) is 29.2 Å². The summed E-state index contributed by atoms with van der Waals surface area (Å²) in [4.78, 5) is 11.0. The normalized spacial score (nSPS) is 12.4. The van der Waals surface area contributed by atoms with Crippen molar-refractivity contribution in [2.45, 2.75) is 20.8 Å². The van der Waals surface area contributed by atoms with Crippen molar-refractivity contribution in [2.24, 2.45) is 0 Å². The van der Waals surface area contributed by atoms with Gasteiger partial charge in [0, 0.05) is 6.08 Å². The highest BCUT2D eigenvalue weighted by atomic mass is 32.3. The van der Waals surface area contributed by atoms with Gasteiger partial charge in [0.1, 0.15) is 0 Å². The maximum atomic E-state index is 13.0. The second-order valence-electron chi connectivity index (χ2n) is 5.31. The predicted octanol–water partition coefficient (Wildman–Crippen LogP) is 2.38. The molecule has 0 bridgehead atoms. The highest BCUT2D eigenvalue weighted by Gasteiger charge is 2.38. The number of ether oxygens (including phenoxy) is 1. The molecule has 0 radical (unpaired) electrons. The maximum absolute atomic E-state index is 13.0. The van der Waals surface area contributed by atoms with Crippen LogP contribution in [0.2, 0.25) is 0 Å². The summed E-state index contributed by atoms with van der Waals surface area (Å²) in [5, 5.41) is 0. The number of hydrogen-bond donors (Lipinski definition) is 0. The Kier molecular flexibility index (Phi) is 6.33. The summed E-state index contributed by atoms with van der Waals surface area (Å²) in [6.45, 7) is 0. The van der Waals surface area contributed by atoms with Crippen molar-refractivity contribution >= 4 is 25.6 Å². The van der Waals surface area contributed by atoms with Gasteiger partial charge in [-0.2, -0.15) is 0 Å². The van der Waals surface area contributed by atoms with Crippen LogP contribution in [0.25, 0.3) is 0 Å². The van der Waals surface area contributed by atoms with Gasteiger partial charge in [0.15, 0.2) is 24.3 Å². The fourth-order valence-electron chi connectivity index (χ4n) is 2.29. The van der Waals surface area contributed by atoms with Crippen LogP contribution in [0.5, 0.6) is 0 Å². The molecule has 8 heteroatoms. The number of methoxy groups -OCH3 is 1.